The molecule has 1 aromatic rings. The third-order valence-corrected chi connectivity index (χ3v) is 1.98. The number of rotatable bonds is 0. The predicted molar refractivity (Wildman–Crippen MR) is 53.0 cm³/mol. The van der Waals surface area contributed by atoms with Crippen LogP contribution in [0.1, 0.15) is 5.56 Å². The van der Waals surface area contributed by atoms with Crippen LogP contribution in [0.4, 0.5) is 0 Å². The zero-order chi connectivity index (χ0) is 9.10. The molecule has 0 fully saturated rings. The van der Waals surface area contributed by atoms with Gasteiger partial charge in [-0.1, -0.05) is 17.7 Å². The summed E-state index contributed by atoms with van der Waals surface area (Å²) in [5.41, 5.74) is 0.957. The summed E-state index contributed by atoms with van der Waals surface area (Å²) >= 11 is 1.50. The summed E-state index contributed by atoms with van der Waals surface area (Å²) < 4.78 is 10.4. The lowest BCUT2D eigenvalue weighted by atomic mass is 10.2. The Balaban J connectivity index is 2.31. The van der Waals surface area contributed by atoms with Gasteiger partial charge >= 0.3 is 0 Å². The number of fused-ring (bicyclic) bond motifs is 1. The van der Waals surface area contributed by atoms with Crippen molar-refractivity contribution in [1.29, 1.82) is 0 Å². The Morgan fingerprint density at radius 2 is 2.15 bits per heavy atom. The zero-order valence-corrected chi connectivity index (χ0v) is 7.98. The first-order valence-electron chi connectivity index (χ1n) is 3.84. The van der Waals surface area contributed by atoms with Crippen LogP contribution in [-0.2, 0) is 0 Å². The second kappa shape index (κ2) is 3.63. The Labute approximate surface area is 81.2 Å². The van der Waals surface area contributed by atoms with Crippen LogP contribution in [0.15, 0.2) is 18.2 Å². The van der Waals surface area contributed by atoms with Gasteiger partial charge in [0.2, 0.25) is 6.79 Å². The maximum atomic E-state index is 5.22. The van der Waals surface area contributed by atoms with Crippen molar-refractivity contribution in [3.63, 3.8) is 0 Å². The molecular formula is C10H8O2S. The predicted octanol–water partition coefficient (Wildman–Crippen LogP) is 2.09. The molecule has 1 aliphatic rings. The topological polar surface area (TPSA) is 18.5 Å². The van der Waals surface area contributed by atoms with Crippen molar-refractivity contribution in [2.24, 2.45) is 0 Å². The Bertz CT molecular complexity index is 376. The molecule has 13 heavy (non-hydrogen) atoms. The van der Waals surface area contributed by atoms with Crippen LogP contribution in [0.3, 0.4) is 0 Å². The smallest absolute Gasteiger partial charge is 0.231 e. The van der Waals surface area contributed by atoms with Crippen LogP contribution >= 0.6 is 11.8 Å². The van der Waals surface area contributed by atoms with E-state index < -0.39 is 0 Å². The molecule has 3 heteroatoms. The summed E-state index contributed by atoms with van der Waals surface area (Å²) in [7, 11) is 0. The molecule has 0 N–H and O–H groups in total. The molecule has 0 aliphatic carbocycles. The molecule has 0 atom stereocenters. The van der Waals surface area contributed by atoms with Crippen molar-refractivity contribution in [2.45, 2.75) is 0 Å². The SMILES string of the molecule is CSC#Cc1ccc2c(c1)OCO2. The monoisotopic (exact) mass is 192 g/mol. The lowest BCUT2D eigenvalue weighted by Crippen LogP contribution is -1.92. The van der Waals surface area contributed by atoms with E-state index in [4.69, 9.17) is 9.47 Å². The largest absolute Gasteiger partial charge is 0.454 e. The Hall–Kier alpha value is -1.27. The van der Waals surface area contributed by atoms with Gasteiger partial charge in [0.25, 0.3) is 0 Å². The molecule has 0 amide bonds. The fourth-order valence-corrected chi connectivity index (χ4v) is 1.30. The van der Waals surface area contributed by atoms with Crippen LogP contribution in [0.25, 0.3) is 0 Å². The second-order valence-corrected chi connectivity index (χ2v) is 3.11. The van der Waals surface area contributed by atoms with Gasteiger partial charge in [0.05, 0.1) is 0 Å². The lowest BCUT2D eigenvalue weighted by Gasteiger charge is -1.94. The Morgan fingerprint density at radius 3 is 3.00 bits per heavy atom. The van der Waals surface area contributed by atoms with Crippen molar-refractivity contribution in [2.75, 3.05) is 13.0 Å². The van der Waals surface area contributed by atoms with Gasteiger partial charge in [-0.3, -0.25) is 0 Å². The number of ether oxygens (including phenoxy) is 2. The van der Waals surface area contributed by atoms with Crippen LogP contribution in [-0.4, -0.2) is 13.0 Å². The van der Waals surface area contributed by atoms with E-state index in [-0.39, 0.29) is 0 Å². The molecule has 0 saturated carbocycles. The maximum Gasteiger partial charge on any atom is 0.231 e. The van der Waals surface area contributed by atoms with Crippen molar-refractivity contribution >= 4 is 11.8 Å². The summed E-state index contributed by atoms with van der Waals surface area (Å²) in [5.74, 6) is 4.59. The second-order valence-electron chi connectivity index (χ2n) is 2.50. The van der Waals surface area contributed by atoms with E-state index in [1.807, 2.05) is 24.5 Å². The highest BCUT2D eigenvalue weighted by molar-refractivity contribution is 8.03. The molecule has 0 spiro atoms. The molecule has 2 nitrogen and oxygen atoms in total. The average molecular weight is 192 g/mol. The zero-order valence-electron chi connectivity index (χ0n) is 7.16. The van der Waals surface area contributed by atoms with E-state index in [9.17, 15) is 0 Å². The summed E-state index contributed by atoms with van der Waals surface area (Å²) in [6, 6.07) is 5.70. The Kier molecular flexibility index (Phi) is 2.33. The van der Waals surface area contributed by atoms with Gasteiger partial charge < -0.3 is 9.47 Å². The van der Waals surface area contributed by atoms with Gasteiger partial charge in [0.1, 0.15) is 0 Å². The van der Waals surface area contributed by atoms with Crippen molar-refractivity contribution < 1.29 is 9.47 Å². The summed E-state index contributed by atoms with van der Waals surface area (Å²) in [6.45, 7) is 0.314. The third-order valence-electron chi connectivity index (χ3n) is 1.67. The van der Waals surface area contributed by atoms with Gasteiger partial charge in [-0.2, -0.15) is 0 Å². The fraction of sp³-hybridized carbons (Fsp3) is 0.200. The lowest BCUT2D eigenvalue weighted by molar-refractivity contribution is 0.174. The number of thioether (sulfide) groups is 1. The van der Waals surface area contributed by atoms with Gasteiger partial charge in [0, 0.05) is 5.56 Å². The highest BCUT2D eigenvalue weighted by Crippen LogP contribution is 2.32. The first-order valence-corrected chi connectivity index (χ1v) is 5.06. The first-order chi connectivity index (χ1) is 6.40. The highest BCUT2D eigenvalue weighted by atomic mass is 32.2. The maximum absolute atomic E-state index is 5.22. The van der Waals surface area contributed by atoms with Crippen molar-refractivity contribution in [3.8, 4) is 22.7 Å². The molecule has 1 heterocycles. The quantitative estimate of drug-likeness (QED) is 0.586. The summed E-state index contributed by atoms with van der Waals surface area (Å²) in [4.78, 5) is 0. The number of hydrogen-bond donors (Lipinski definition) is 0. The van der Waals surface area contributed by atoms with Crippen molar-refractivity contribution in [1.82, 2.24) is 0 Å². The van der Waals surface area contributed by atoms with E-state index >= 15 is 0 Å². The summed E-state index contributed by atoms with van der Waals surface area (Å²) in [5, 5.41) is 2.93. The molecule has 1 aliphatic heterocycles. The minimum atomic E-state index is 0.314. The molecular weight excluding hydrogens is 184 g/mol. The van der Waals surface area contributed by atoms with Crippen LogP contribution in [0, 0.1) is 11.2 Å². The first kappa shape index (κ1) is 8.33. The van der Waals surface area contributed by atoms with E-state index in [1.165, 1.54) is 11.8 Å². The van der Waals surface area contributed by atoms with Crippen LogP contribution < -0.4 is 9.47 Å². The molecule has 0 bridgehead atoms. The minimum absolute atomic E-state index is 0.314. The third kappa shape index (κ3) is 1.73. The van der Waals surface area contributed by atoms with Gasteiger partial charge in [-0.05, 0) is 29.7 Å². The average Bonchev–Trinajstić information content (AvgIpc) is 2.61. The standard InChI is InChI=1S/C10H8O2S/c1-13-5-4-8-2-3-9-10(6-8)12-7-11-9/h2-3,6H,7H2,1H3. The molecule has 2 rings (SSSR count). The summed E-state index contributed by atoms with van der Waals surface area (Å²) in [6.07, 6.45) is 1.94. The molecule has 66 valence electrons. The Morgan fingerprint density at radius 1 is 1.31 bits per heavy atom. The van der Waals surface area contributed by atoms with Gasteiger partial charge in [-0.15, -0.1) is 0 Å². The molecule has 0 aromatic heterocycles. The van der Waals surface area contributed by atoms with Crippen molar-refractivity contribution in [3.05, 3.63) is 23.8 Å². The molecule has 0 unspecified atom stereocenters. The van der Waals surface area contributed by atoms with Crippen LogP contribution in [0.5, 0.6) is 11.5 Å². The highest BCUT2D eigenvalue weighted by Gasteiger charge is 2.12. The van der Waals surface area contributed by atoms with E-state index in [0.29, 0.717) is 6.79 Å². The number of benzene rings is 1. The fourth-order valence-electron chi connectivity index (χ4n) is 1.08. The normalized spacial score (nSPS) is 12.1. The molecule has 0 saturated heterocycles. The van der Waals surface area contributed by atoms with Gasteiger partial charge in [0.15, 0.2) is 11.5 Å². The van der Waals surface area contributed by atoms with E-state index in [0.717, 1.165) is 17.1 Å². The van der Waals surface area contributed by atoms with E-state index in [1.54, 1.807) is 0 Å². The van der Waals surface area contributed by atoms with Crippen LogP contribution in [0.2, 0.25) is 0 Å². The van der Waals surface area contributed by atoms with Gasteiger partial charge in [-0.25, -0.2) is 0 Å². The van der Waals surface area contributed by atoms with E-state index in [2.05, 4.69) is 11.2 Å². The molecule has 1 aromatic carbocycles. The number of hydrogen-bond acceptors (Lipinski definition) is 3. The minimum Gasteiger partial charge on any atom is -0.454 e. The molecule has 0 radical (unpaired) electrons.